The van der Waals surface area contributed by atoms with Crippen molar-refractivity contribution in [1.29, 1.82) is 0 Å². The molecule has 4 atom stereocenters. The number of pyridine rings is 1. The molecule has 178 valence electrons. The summed E-state index contributed by atoms with van der Waals surface area (Å²) in [6.45, 7) is 6.62. The Morgan fingerprint density at radius 2 is 2.06 bits per heavy atom. The molecule has 3 heterocycles. The monoisotopic (exact) mass is 480 g/mol. The third kappa shape index (κ3) is 4.60. The number of anilines is 1. The quantitative estimate of drug-likeness (QED) is 0.482. The highest BCUT2D eigenvalue weighted by Crippen LogP contribution is 2.44. The van der Waals surface area contributed by atoms with Crippen LogP contribution in [0.2, 0.25) is 5.02 Å². The number of ketones is 1. The topological polar surface area (TPSA) is 78.3 Å². The van der Waals surface area contributed by atoms with Gasteiger partial charge in [0.1, 0.15) is 11.8 Å². The summed E-state index contributed by atoms with van der Waals surface area (Å²) in [5.41, 5.74) is 2.61. The summed E-state index contributed by atoms with van der Waals surface area (Å²) in [5, 5.41) is 8.75. The molecule has 7 nitrogen and oxygen atoms in total. The molecule has 1 aromatic carbocycles. The minimum atomic E-state index is -0.601. The second-order valence-electron chi connectivity index (χ2n) is 9.50. The van der Waals surface area contributed by atoms with Gasteiger partial charge in [-0.15, -0.1) is 0 Å². The predicted octanol–water partition coefficient (Wildman–Crippen LogP) is 4.94. The van der Waals surface area contributed by atoms with Gasteiger partial charge in [-0.2, -0.15) is 5.10 Å². The van der Waals surface area contributed by atoms with E-state index < -0.39 is 5.79 Å². The van der Waals surface area contributed by atoms with Gasteiger partial charge in [-0.25, -0.2) is 0 Å². The number of ether oxygens (including phenoxy) is 2. The molecule has 0 radical (unpaired) electrons. The third-order valence-corrected chi connectivity index (χ3v) is 6.85. The first kappa shape index (κ1) is 23.0. The Bertz CT molecular complexity index is 1190. The van der Waals surface area contributed by atoms with Gasteiger partial charge >= 0.3 is 0 Å². The van der Waals surface area contributed by atoms with E-state index in [1.165, 1.54) is 0 Å². The van der Waals surface area contributed by atoms with E-state index >= 15 is 0 Å². The summed E-state index contributed by atoms with van der Waals surface area (Å²) in [4.78, 5) is 17.6. The SMILES string of the molecule is CC[C@H]1C[C@@H](Nc2ccncc2C(=O)c2ccn(Cc3cccc(Cl)c3)n2)[C@@H]2OC(C)(C)O[C@H]12. The predicted molar refractivity (Wildman–Crippen MR) is 130 cm³/mol. The van der Waals surface area contributed by atoms with Crippen molar-refractivity contribution >= 4 is 23.1 Å². The summed E-state index contributed by atoms with van der Waals surface area (Å²) >= 11 is 6.09. The molecule has 0 unspecified atom stereocenters. The van der Waals surface area contributed by atoms with Crippen LogP contribution in [0.1, 0.15) is 55.2 Å². The Morgan fingerprint density at radius 1 is 1.24 bits per heavy atom. The highest BCUT2D eigenvalue weighted by Gasteiger charge is 2.53. The van der Waals surface area contributed by atoms with Crippen molar-refractivity contribution in [3.63, 3.8) is 0 Å². The van der Waals surface area contributed by atoms with Crippen molar-refractivity contribution in [2.75, 3.05) is 5.32 Å². The summed E-state index contributed by atoms with van der Waals surface area (Å²) in [6, 6.07) is 11.2. The van der Waals surface area contributed by atoms with Gasteiger partial charge in [0.2, 0.25) is 5.78 Å². The van der Waals surface area contributed by atoms with Crippen molar-refractivity contribution in [2.45, 2.75) is 64.2 Å². The van der Waals surface area contributed by atoms with Crippen molar-refractivity contribution in [2.24, 2.45) is 5.92 Å². The summed E-state index contributed by atoms with van der Waals surface area (Å²) in [7, 11) is 0. The van der Waals surface area contributed by atoms with Crippen LogP contribution in [0.3, 0.4) is 0 Å². The zero-order chi connectivity index (χ0) is 23.9. The minimum Gasteiger partial charge on any atom is -0.379 e. The fraction of sp³-hybridized carbons (Fsp3) is 0.423. The fourth-order valence-corrected chi connectivity index (χ4v) is 5.27. The molecule has 2 aromatic heterocycles. The molecule has 1 saturated heterocycles. The summed E-state index contributed by atoms with van der Waals surface area (Å²) < 4.78 is 14.2. The van der Waals surface area contributed by atoms with Gasteiger partial charge in [0.15, 0.2) is 5.79 Å². The van der Waals surface area contributed by atoms with Crippen LogP contribution >= 0.6 is 11.6 Å². The number of benzene rings is 1. The second kappa shape index (κ2) is 9.13. The van der Waals surface area contributed by atoms with Crippen LogP contribution in [0, 0.1) is 5.92 Å². The van der Waals surface area contributed by atoms with E-state index in [1.54, 1.807) is 29.3 Å². The van der Waals surface area contributed by atoms with Gasteiger partial charge in [0.05, 0.1) is 24.3 Å². The second-order valence-corrected chi connectivity index (χ2v) is 9.93. The number of carbonyl (C=O) groups is 1. The maximum absolute atomic E-state index is 13.4. The molecule has 1 saturated carbocycles. The molecule has 1 aliphatic heterocycles. The smallest absolute Gasteiger partial charge is 0.216 e. The zero-order valence-corrected chi connectivity index (χ0v) is 20.3. The normalized spacial score (nSPS) is 25.3. The molecular formula is C26H29ClN4O3. The molecule has 0 bridgehead atoms. The first-order valence-corrected chi connectivity index (χ1v) is 12.1. The number of nitrogens with one attached hydrogen (secondary N) is 1. The van der Waals surface area contributed by atoms with Crippen LogP contribution in [0.15, 0.2) is 55.0 Å². The molecule has 1 aliphatic carbocycles. The van der Waals surface area contributed by atoms with Crippen LogP contribution in [0.25, 0.3) is 0 Å². The molecule has 3 aromatic rings. The molecule has 5 rings (SSSR count). The molecule has 34 heavy (non-hydrogen) atoms. The zero-order valence-electron chi connectivity index (χ0n) is 19.6. The van der Waals surface area contributed by atoms with E-state index in [2.05, 4.69) is 22.3 Å². The number of carbonyl (C=O) groups excluding carboxylic acids is 1. The third-order valence-electron chi connectivity index (χ3n) is 6.62. The summed E-state index contributed by atoms with van der Waals surface area (Å²) in [6.07, 6.45) is 7.03. The minimum absolute atomic E-state index is 0.0473. The van der Waals surface area contributed by atoms with E-state index in [0.717, 1.165) is 24.1 Å². The number of hydrogen-bond donors (Lipinski definition) is 1. The Labute approximate surface area is 204 Å². The van der Waals surface area contributed by atoms with Gasteiger partial charge in [-0.3, -0.25) is 14.5 Å². The van der Waals surface area contributed by atoms with Gasteiger partial charge < -0.3 is 14.8 Å². The van der Waals surface area contributed by atoms with Crippen LogP contribution in [0.4, 0.5) is 5.69 Å². The lowest BCUT2D eigenvalue weighted by Gasteiger charge is -2.24. The first-order valence-electron chi connectivity index (χ1n) is 11.7. The lowest BCUT2D eigenvalue weighted by Crippen LogP contribution is -2.34. The van der Waals surface area contributed by atoms with E-state index in [4.69, 9.17) is 21.1 Å². The van der Waals surface area contributed by atoms with E-state index in [0.29, 0.717) is 28.7 Å². The lowest BCUT2D eigenvalue weighted by molar-refractivity contribution is -0.157. The fourth-order valence-electron chi connectivity index (χ4n) is 5.06. The maximum atomic E-state index is 13.4. The van der Waals surface area contributed by atoms with Gasteiger partial charge in [-0.1, -0.05) is 37.1 Å². The van der Waals surface area contributed by atoms with Crippen LogP contribution in [-0.2, 0) is 16.0 Å². The first-order chi connectivity index (χ1) is 16.3. The number of nitrogens with zero attached hydrogens (tertiary/aromatic N) is 3. The van der Waals surface area contributed by atoms with E-state index in [1.807, 2.05) is 44.2 Å². The highest BCUT2D eigenvalue weighted by atomic mass is 35.5. The molecule has 2 fully saturated rings. The molecule has 0 amide bonds. The number of hydrogen-bond acceptors (Lipinski definition) is 6. The van der Waals surface area contributed by atoms with E-state index in [9.17, 15) is 4.79 Å². The molecule has 1 N–H and O–H groups in total. The average molecular weight is 481 g/mol. The Morgan fingerprint density at radius 3 is 2.85 bits per heavy atom. The maximum Gasteiger partial charge on any atom is 0.216 e. The molecular weight excluding hydrogens is 452 g/mol. The number of fused-ring (bicyclic) bond motifs is 1. The van der Waals surface area contributed by atoms with Crippen LogP contribution in [0.5, 0.6) is 0 Å². The van der Waals surface area contributed by atoms with Crippen molar-refractivity contribution < 1.29 is 14.3 Å². The number of halogens is 1. The van der Waals surface area contributed by atoms with Crippen molar-refractivity contribution in [1.82, 2.24) is 14.8 Å². The van der Waals surface area contributed by atoms with Crippen LogP contribution < -0.4 is 5.32 Å². The average Bonchev–Trinajstić information content (AvgIpc) is 3.47. The van der Waals surface area contributed by atoms with Crippen LogP contribution in [-0.4, -0.2) is 44.6 Å². The molecule has 8 heteroatoms. The van der Waals surface area contributed by atoms with Gasteiger partial charge in [-0.05, 0) is 56.0 Å². The van der Waals surface area contributed by atoms with Crippen molar-refractivity contribution in [3.8, 4) is 0 Å². The van der Waals surface area contributed by atoms with Gasteiger partial charge in [0, 0.05) is 29.3 Å². The Kier molecular flexibility index (Phi) is 6.18. The Hall–Kier alpha value is -2.74. The molecule has 0 spiro atoms. The number of aromatic nitrogens is 3. The van der Waals surface area contributed by atoms with Crippen molar-refractivity contribution in [3.05, 3.63) is 76.8 Å². The highest BCUT2D eigenvalue weighted by molar-refractivity contribution is 6.30. The standard InChI is InChI=1S/C26H29ClN4O3/c1-4-17-13-22(25-24(17)33-26(2,3)34-25)29-20-8-10-28-14-19(20)23(32)21-9-11-31(30-21)15-16-6-5-7-18(27)12-16/h5-12,14,17,22,24-25H,4,13,15H2,1-3H3,(H,28,29)/t17-,22+,24+,25-/m0/s1. The number of rotatable bonds is 7. The van der Waals surface area contributed by atoms with Gasteiger partial charge in [0.25, 0.3) is 0 Å². The Balaban J connectivity index is 1.34. The molecule has 2 aliphatic rings. The lowest BCUT2D eigenvalue weighted by atomic mass is 10.0. The van der Waals surface area contributed by atoms with E-state index in [-0.39, 0.29) is 24.0 Å². The largest absolute Gasteiger partial charge is 0.379 e. The summed E-state index contributed by atoms with van der Waals surface area (Å²) in [5.74, 6) is -0.367.